The van der Waals surface area contributed by atoms with E-state index in [-0.39, 0.29) is 10.8 Å². The van der Waals surface area contributed by atoms with Crippen LogP contribution in [0, 0.1) is 0 Å². The van der Waals surface area contributed by atoms with Gasteiger partial charge in [-0.3, -0.25) is 9.79 Å². The summed E-state index contributed by atoms with van der Waals surface area (Å²) in [6.45, 7) is -5.47. The number of aromatic amines is 1. The number of H-pyrrole nitrogens is 1. The second-order valence-electron chi connectivity index (χ2n) is 6.44. The molecular weight excluding hydrogens is 442 g/mol. The minimum atomic E-state index is -3.23. The molecule has 1 aliphatic rings. The van der Waals surface area contributed by atoms with Crippen LogP contribution in [-0.4, -0.2) is 42.3 Å². The summed E-state index contributed by atoms with van der Waals surface area (Å²) in [6.07, 6.45) is 0. The summed E-state index contributed by atoms with van der Waals surface area (Å²) >= 11 is 1.51. The molecule has 1 N–H and O–H groups in total. The van der Waals surface area contributed by atoms with Gasteiger partial charge in [-0.15, -0.1) is 11.8 Å². The first kappa shape index (κ1) is 21.1. The molecule has 4 rings (SSSR count). The Morgan fingerprint density at radius 1 is 1.10 bits per heavy atom. The zero-order valence-corrected chi connectivity index (χ0v) is 16.5. The molecule has 164 valence electrons. The molecule has 0 bridgehead atoms. The molecule has 0 aliphatic carbocycles. The Morgan fingerprint density at radius 3 is 2.52 bits per heavy atom. The largest absolute Gasteiger partial charge is 0.431 e. The van der Waals surface area contributed by atoms with Crippen LogP contribution in [0.2, 0.25) is 0 Å². The average molecular weight is 457 g/mol. The molecule has 0 amide bonds. The number of aliphatic imine (C=N–C) groups is 1. The Balaban J connectivity index is 1.75. The molecule has 0 saturated heterocycles. The van der Waals surface area contributed by atoms with E-state index in [1.165, 1.54) is 23.9 Å². The van der Waals surface area contributed by atoms with E-state index in [2.05, 4.69) is 19.6 Å². The fourth-order valence-corrected chi connectivity index (χ4v) is 3.90. The maximum Gasteiger partial charge on any atom is 0.387 e. The standard InChI is InChI=1S/C19H15F4N3O4S/c20-18(21)28-14-4-2-11(6-16(14)29-19(22)23)26(8-12-7-24-9-31-12)10-1-3-13-15(5-10)30-25-17(13)27/h1-6,9,12,18-19H,7-8H2,(H,25,27). The number of hydrogen-bond donors (Lipinski definition) is 1. The molecule has 1 atom stereocenters. The van der Waals surface area contributed by atoms with Crippen molar-refractivity contribution in [1.82, 2.24) is 5.16 Å². The Bertz CT molecular complexity index is 1140. The van der Waals surface area contributed by atoms with Crippen LogP contribution in [-0.2, 0) is 0 Å². The molecule has 1 aliphatic heterocycles. The molecule has 3 aromatic rings. The number of fused-ring (bicyclic) bond motifs is 1. The maximum atomic E-state index is 12.9. The number of aromatic nitrogens is 1. The van der Waals surface area contributed by atoms with Gasteiger partial charge in [0.15, 0.2) is 17.1 Å². The Morgan fingerprint density at radius 2 is 1.81 bits per heavy atom. The Hall–Kier alpha value is -3.15. The third kappa shape index (κ3) is 4.79. The van der Waals surface area contributed by atoms with Crippen LogP contribution in [0.3, 0.4) is 0 Å². The zero-order valence-electron chi connectivity index (χ0n) is 15.6. The molecular formula is C19H15F4N3O4S. The fourth-order valence-electron chi connectivity index (χ4n) is 3.15. The molecule has 2 heterocycles. The summed E-state index contributed by atoms with van der Waals surface area (Å²) in [7, 11) is 0. The minimum absolute atomic E-state index is 0.0605. The number of nitrogens with one attached hydrogen (secondary N) is 1. The summed E-state index contributed by atoms with van der Waals surface area (Å²) in [5, 5.41) is 2.66. The number of nitrogens with zero attached hydrogens (tertiary/aromatic N) is 2. The van der Waals surface area contributed by atoms with E-state index in [1.54, 1.807) is 28.6 Å². The van der Waals surface area contributed by atoms with Crippen LogP contribution in [0.25, 0.3) is 11.0 Å². The normalized spacial score (nSPS) is 15.9. The lowest BCUT2D eigenvalue weighted by Crippen LogP contribution is -2.27. The molecule has 0 fully saturated rings. The molecule has 12 heteroatoms. The van der Waals surface area contributed by atoms with Gasteiger partial charge in [-0.05, 0) is 24.3 Å². The highest BCUT2D eigenvalue weighted by molar-refractivity contribution is 8.12. The number of thioether (sulfide) groups is 1. The van der Waals surface area contributed by atoms with E-state index in [0.717, 1.165) is 6.07 Å². The monoisotopic (exact) mass is 457 g/mol. The fraction of sp³-hybridized carbons (Fsp3) is 0.263. The van der Waals surface area contributed by atoms with E-state index >= 15 is 0 Å². The molecule has 0 radical (unpaired) electrons. The molecule has 7 nitrogen and oxygen atoms in total. The number of benzene rings is 2. The third-order valence-electron chi connectivity index (χ3n) is 4.47. The van der Waals surface area contributed by atoms with Crippen molar-refractivity contribution in [3.8, 4) is 11.5 Å². The van der Waals surface area contributed by atoms with Gasteiger partial charge in [0.25, 0.3) is 5.56 Å². The van der Waals surface area contributed by atoms with Crippen LogP contribution in [0.1, 0.15) is 0 Å². The summed E-state index contributed by atoms with van der Waals surface area (Å²) < 4.78 is 64.9. The second-order valence-corrected chi connectivity index (χ2v) is 7.59. The number of rotatable bonds is 8. The van der Waals surface area contributed by atoms with Crippen LogP contribution in [0.15, 0.2) is 50.7 Å². The van der Waals surface area contributed by atoms with Crippen molar-refractivity contribution < 1.29 is 31.6 Å². The van der Waals surface area contributed by atoms with E-state index in [4.69, 9.17) is 4.52 Å². The highest BCUT2D eigenvalue weighted by Gasteiger charge is 2.23. The van der Waals surface area contributed by atoms with Crippen molar-refractivity contribution >= 4 is 39.7 Å². The lowest BCUT2D eigenvalue weighted by Gasteiger charge is -2.28. The summed E-state index contributed by atoms with van der Waals surface area (Å²) in [4.78, 5) is 17.7. The van der Waals surface area contributed by atoms with Crippen LogP contribution in [0.4, 0.5) is 28.9 Å². The number of alkyl halides is 4. The number of ether oxygens (including phenoxy) is 2. The number of anilines is 2. The highest BCUT2D eigenvalue weighted by Crippen LogP contribution is 2.38. The maximum absolute atomic E-state index is 12.9. The van der Waals surface area contributed by atoms with E-state index in [0.29, 0.717) is 35.4 Å². The lowest BCUT2D eigenvalue weighted by atomic mass is 10.1. The first-order valence-electron chi connectivity index (χ1n) is 8.97. The molecule has 0 saturated carbocycles. The first-order valence-corrected chi connectivity index (χ1v) is 9.91. The summed E-state index contributed by atoms with van der Waals surface area (Å²) in [5.41, 5.74) is 2.64. The van der Waals surface area contributed by atoms with Gasteiger partial charge in [0.1, 0.15) is 0 Å². The van der Waals surface area contributed by atoms with Gasteiger partial charge >= 0.3 is 13.2 Å². The van der Waals surface area contributed by atoms with Gasteiger partial charge in [0, 0.05) is 35.3 Å². The Labute approximate surface area is 176 Å². The quantitative estimate of drug-likeness (QED) is 0.498. The van der Waals surface area contributed by atoms with Gasteiger partial charge in [0.05, 0.1) is 17.5 Å². The molecule has 31 heavy (non-hydrogen) atoms. The topological polar surface area (TPSA) is 80.1 Å². The van der Waals surface area contributed by atoms with Crippen LogP contribution < -0.4 is 19.9 Å². The lowest BCUT2D eigenvalue weighted by molar-refractivity contribution is -0.0692. The molecule has 1 aromatic heterocycles. The molecule has 0 spiro atoms. The third-order valence-corrected chi connectivity index (χ3v) is 5.42. The van der Waals surface area contributed by atoms with E-state index in [9.17, 15) is 22.4 Å². The number of hydrogen-bond acceptors (Lipinski definition) is 7. The van der Waals surface area contributed by atoms with Crippen molar-refractivity contribution in [3.05, 3.63) is 46.8 Å². The van der Waals surface area contributed by atoms with Crippen LogP contribution >= 0.6 is 11.8 Å². The first-order chi connectivity index (χ1) is 14.9. The number of halogens is 4. The van der Waals surface area contributed by atoms with Crippen molar-refractivity contribution in [2.75, 3.05) is 18.0 Å². The second kappa shape index (κ2) is 8.92. The van der Waals surface area contributed by atoms with Gasteiger partial charge in [-0.25, -0.2) is 0 Å². The predicted molar refractivity (Wildman–Crippen MR) is 108 cm³/mol. The van der Waals surface area contributed by atoms with Crippen molar-refractivity contribution in [3.63, 3.8) is 0 Å². The smallest absolute Gasteiger partial charge is 0.387 e. The van der Waals surface area contributed by atoms with Gasteiger partial charge in [0.2, 0.25) is 0 Å². The van der Waals surface area contributed by atoms with E-state index in [1.807, 2.05) is 0 Å². The molecule has 2 aromatic carbocycles. The van der Waals surface area contributed by atoms with Crippen molar-refractivity contribution in [2.45, 2.75) is 18.5 Å². The van der Waals surface area contributed by atoms with Crippen LogP contribution in [0.5, 0.6) is 11.5 Å². The summed E-state index contributed by atoms with van der Waals surface area (Å²) in [6, 6.07) is 8.65. The predicted octanol–water partition coefficient (Wildman–Crippen LogP) is 4.61. The van der Waals surface area contributed by atoms with E-state index < -0.39 is 24.7 Å². The highest BCUT2D eigenvalue weighted by atomic mass is 32.2. The van der Waals surface area contributed by atoms with Gasteiger partial charge in [-0.2, -0.15) is 22.7 Å². The van der Waals surface area contributed by atoms with Gasteiger partial charge < -0.3 is 18.9 Å². The SMILES string of the molecule is O=c1[nH]oc2cc(N(CC3CN=CS3)c3ccc(OC(F)F)c(OC(F)F)c3)ccc12. The van der Waals surface area contributed by atoms with Gasteiger partial charge in [-0.1, -0.05) is 0 Å². The van der Waals surface area contributed by atoms with Crippen molar-refractivity contribution in [1.29, 1.82) is 0 Å². The van der Waals surface area contributed by atoms with Crippen molar-refractivity contribution in [2.24, 2.45) is 4.99 Å². The average Bonchev–Trinajstić information content (AvgIpc) is 3.36. The minimum Gasteiger partial charge on any atom is -0.431 e. The summed E-state index contributed by atoms with van der Waals surface area (Å²) in [5.74, 6) is -1.04. The molecule has 1 unspecified atom stereocenters. The zero-order chi connectivity index (χ0) is 22.0. The Kier molecular flexibility index (Phi) is 6.07.